The number of benzene rings is 2. The summed E-state index contributed by atoms with van der Waals surface area (Å²) in [6.07, 6.45) is 1.59. The van der Waals surface area contributed by atoms with Crippen LogP contribution < -0.4 is 5.32 Å². The van der Waals surface area contributed by atoms with E-state index in [1.807, 2.05) is 25.1 Å². The predicted molar refractivity (Wildman–Crippen MR) is 74.1 cm³/mol. The topological polar surface area (TPSA) is 29.1 Å². The highest BCUT2D eigenvalue weighted by atomic mass is 19.1. The number of halogens is 1. The Balaban J connectivity index is 2.12. The summed E-state index contributed by atoms with van der Waals surface area (Å²) in [5.41, 5.74) is 3.60. The van der Waals surface area contributed by atoms with Crippen LogP contribution >= 0.6 is 0 Å². The highest BCUT2D eigenvalue weighted by molar-refractivity contribution is 6.34. The van der Waals surface area contributed by atoms with Gasteiger partial charge in [0.25, 0.3) is 5.91 Å². The molecule has 0 aromatic heterocycles. The van der Waals surface area contributed by atoms with E-state index in [1.165, 1.54) is 6.07 Å². The number of anilines is 1. The van der Waals surface area contributed by atoms with Crippen molar-refractivity contribution in [3.63, 3.8) is 0 Å². The quantitative estimate of drug-likeness (QED) is 0.772. The highest BCUT2D eigenvalue weighted by Crippen LogP contribution is 2.33. The van der Waals surface area contributed by atoms with Gasteiger partial charge in [-0.25, -0.2) is 4.39 Å². The fourth-order valence-corrected chi connectivity index (χ4v) is 2.20. The molecule has 94 valence electrons. The van der Waals surface area contributed by atoms with E-state index < -0.39 is 0 Å². The van der Waals surface area contributed by atoms with Crippen LogP contribution in [-0.2, 0) is 4.79 Å². The van der Waals surface area contributed by atoms with Crippen molar-refractivity contribution >= 4 is 23.2 Å². The van der Waals surface area contributed by atoms with Gasteiger partial charge in [-0.3, -0.25) is 4.79 Å². The third-order valence-corrected chi connectivity index (χ3v) is 3.16. The van der Waals surface area contributed by atoms with Crippen molar-refractivity contribution < 1.29 is 9.18 Å². The number of aryl methyl sites for hydroxylation is 1. The molecule has 3 heteroatoms. The van der Waals surface area contributed by atoms with Gasteiger partial charge >= 0.3 is 0 Å². The fourth-order valence-electron chi connectivity index (χ4n) is 2.20. The molecular weight excluding hydrogens is 241 g/mol. The van der Waals surface area contributed by atoms with Crippen LogP contribution in [0.15, 0.2) is 42.5 Å². The van der Waals surface area contributed by atoms with E-state index in [4.69, 9.17) is 0 Å². The molecule has 0 fully saturated rings. The van der Waals surface area contributed by atoms with Gasteiger partial charge in [0.1, 0.15) is 5.82 Å². The fraction of sp³-hybridized carbons (Fsp3) is 0.0625. The van der Waals surface area contributed by atoms with Crippen LogP contribution in [0.5, 0.6) is 0 Å². The van der Waals surface area contributed by atoms with E-state index in [0.29, 0.717) is 11.1 Å². The summed E-state index contributed by atoms with van der Waals surface area (Å²) in [6, 6.07) is 12.2. The lowest BCUT2D eigenvalue weighted by molar-refractivity contribution is -0.110. The normalized spacial score (nSPS) is 15.5. The van der Waals surface area contributed by atoms with Crippen molar-refractivity contribution in [1.82, 2.24) is 0 Å². The first-order valence-corrected chi connectivity index (χ1v) is 6.04. The molecule has 19 heavy (non-hydrogen) atoms. The van der Waals surface area contributed by atoms with Gasteiger partial charge in [0.2, 0.25) is 0 Å². The van der Waals surface area contributed by atoms with Crippen molar-refractivity contribution in [2.75, 3.05) is 5.32 Å². The van der Waals surface area contributed by atoms with Crippen molar-refractivity contribution in [3.8, 4) is 0 Å². The second-order valence-corrected chi connectivity index (χ2v) is 4.58. The lowest BCUT2D eigenvalue weighted by Gasteiger charge is -2.00. The molecule has 0 unspecified atom stereocenters. The molecule has 0 saturated heterocycles. The lowest BCUT2D eigenvalue weighted by atomic mass is 10.0. The molecule has 3 rings (SSSR count). The average Bonchev–Trinajstić information content (AvgIpc) is 2.68. The van der Waals surface area contributed by atoms with Gasteiger partial charge in [-0.1, -0.05) is 30.3 Å². The zero-order chi connectivity index (χ0) is 13.4. The molecule has 2 aromatic carbocycles. The van der Waals surface area contributed by atoms with E-state index in [9.17, 15) is 9.18 Å². The molecule has 0 radical (unpaired) electrons. The first-order chi connectivity index (χ1) is 9.15. The van der Waals surface area contributed by atoms with Crippen LogP contribution in [0, 0.1) is 12.7 Å². The maximum Gasteiger partial charge on any atom is 0.256 e. The molecular formula is C16H12FNO. The first-order valence-electron chi connectivity index (χ1n) is 6.04. The Morgan fingerprint density at radius 3 is 2.74 bits per heavy atom. The molecule has 0 aliphatic carbocycles. The Bertz CT molecular complexity index is 704. The van der Waals surface area contributed by atoms with Gasteiger partial charge in [-0.15, -0.1) is 0 Å². The van der Waals surface area contributed by atoms with Crippen molar-refractivity contribution in [3.05, 3.63) is 65.0 Å². The molecule has 1 N–H and O–H groups in total. The summed E-state index contributed by atoms with van der Waals surface area (Å²) < 4.78 is 13.6. The maximum atomic E-state index is 13.6. The molecule has 2 aromatic rings. The van der Waals surface area contributed by atoms with Crippen LogP contribution in [0.4, 0.5) is 10.1 Å². The van der Waals surface area contributed by atoms with Gasteiger partial charge in [0, 0.05) is 22.4 Å². The average molecular weight is 253 g/mol. The molecule has 0 spiro atoms. The van der Waals surface area contributed by atoms with E-state index in [-0.39, 0.29) is 11.7 Å². The minimum atomic E-state index is -0.330. The Morgan fingerprint density at radius 1 is 1.16 bits per heavy atom. The number of amides is 1. The Kier molecular flexibility index (Phi) is 2.67. The van der Waals surface area contributed by atoms with Crippen molar-refractivity contribution in [2.45, 2.75) is 6.92 Å². The zero-order valence-electron chi connectivity index (χ0n) is 10.4. The smallest absolute Gasteiger partial charge is 0.256 e. The first kappa shape index (κ1) is 11.7. The van der Waals surface area contributed by atoms with Gasteiger partial charge in [0.05, 0.1) is 0 Å². The SMILES string of the molecule is Cc1ccc2c(c1)NC(=O)C2=Cc1ccccc1F. The summed E-state index contributed by atoms with van der Waals surface area (Å²) >= 11 is 0. The molecule has 2 nitrogen and oxygen atoms in total. The molecule has 0 atom stereocenters. The van der Waals surface area contributed by atoms with E-state index >= 15 is 0 Å². The monoisotopic (exact) mass is 253 g/mol. The number of hydrogen-bond donors (Lipinski definition) is 1. The number of carbonyl (C=O) groups excluding carboxylic acids is 1. The van der Waals surface area contributed by atoms with Crippen molar-refractivity contribution in [2.24, 2.45) is 0 Å². The summed E-state index contributed by atoms with van der Waals surface area (Å²) in [7, 11) is 0. The molecule has 0 saturated carbocycles. The highest BCUT2D eigenvalue weighted by Gasteiger charge is 2.24. The van der Waals surface area contributed by atoms with Crippen LogP contribution in [0.25, 0.3) is 11.6 Å². The summed E-state index contributed by atoms with van der Waals surface area (Å²) in [4.78, 5) is 12.0. The third kappa shape index (κ3) is 2.03. The molecule has 1 heterocycles. The van der Waals surface area contributed by atoms with Crippen LogP contribution in [-0.4, -0.2) is 5.91 Å². The lowest BCUT2D eigenvalue weighted by Crippen LogP contribution is -2.03. The predicted octanol–water partition coefficient (Wildman–Crippen LogP) is 3.63. The van der Waals surface area contributed by atoms with Gasteiger partial charge in [-0.05, 0) is 30.7 Å². The number of nitrogens with one attached hydrogen (secondary N) is 1. The maximum absolute atomic E-state index is 13.6. The Morgan fingerprint density at radius 2 is 1.95 bits per heavy atom. The second-order valence-electron chi connectivity index (χ2n) is 4.58. The van der Waals surface area contributed by atoms with Crippen LogP contribution in [0.2, 0.25) is 0 Å². The van der Waals surface area contributed by atoms with Crippen molar-refractivity contribution in [1.29, 1.82) is 0 Å². The molecule has 1 aliphatic heterocycles. The van der Waals surface area contributed by atoms with Gasteiger partial charge < -0.3 is 5.32 Å². The number of rotatable bonds is 1. The third-order valence-electron chi connectivity index (χ3n) is 3.16. The molecule has 1 aliphatic rings. The minimum Gasteiger partial charge on any atom is -0.321 e. The summed E-state index contributed by atoms with van der Waals surface area (Å²) in [6.45, 7) is 1.96. The van der Waals surface area contributed by atoms with E-state index in [1.54, 1.807) is 24.3 Å². The minimum absolute atomic E-state index is 0.191. The van der Waals surface area contributed by atoms with Gasteiger partial charge in [-0.2, -0.15) is 0 Å². The molecule has 0 bridgehead atoms. The zero-order valence-corrected chi connectivity index (χ0v) is 10.4. The number of fused-ring (bicyclic) bond motifs is 1. The second kappa shape index (κ2) is 4.35. The standard InChI is InChI=1S/C16H12FNO/c1-10-6-7-12-13(16(19)18-15(12)8-10)9-11-4-2-3-5-14(11)17/h2-9H,1H3,(H,18,19). The largest absolute Gasteiger partial charge is 0.321 e. The summed E-state index contributed by atoms with van der Waals surface area (Å²) in [5, 5.41) is 2.80. The van der Waals surface area contributed by atoms with E-state index in [2.05, 4.69) is 5.32 Å². The number of carbonyl (C=O) groups is 1. The van der Waals surface area contributed by atoms with Crippen LogP contribution in [0.1, 0.15) is 16.7 Å². The summed E-state index contributed by atoms with van der Waals surface area (Å²) in [5.74, 6) is -0.521. The Labute approximate surface area is 110 Å². The van der Waals surface area contributed by atoms with Gasteiger partial charge in [0.15, 0.2) is 0 Å². The Hall–Kier alpha value is -2.42. The van der Waals surface area contributed by atoms with Crippen LogP contribution in [0.3, 0.4) is 0 Å². The molecule has 1 amide bonds. The van der Waals surface area contributed by atoms with E-state index in [0.717, 1.165) is 16.8 Å². The number of hydrogen-bond acceptors (Lipinski definition) is 1.